The largest absolute Gasteiger partial charge is 0.453 e. The Labute approximate surface area is 137 Å². The van der Waals surface area contributed by atoms with Gasteiger partial charge in [-0.3, -0.25) is 4.90 Å². The van der Waals surface area contributed by atoms with Crippen molar-refractivity contribution in [3.8, 4) is 0 Å². The van der Waals surface area contributed by atoms with Gasteiger partial charge in [-0.05, 0) is 43.9 Å². The topological polar surface area (TPSA) is 55.1 Å². The molecule has 0 aliphatic carbocycles. The zero-order valence-corrected chi connectivity index (χ0v) is 14.0. The lowest BCUT2D eigenvalue weighted by Gasteiger charge is -2.21. The second-order valence-corrected chi connectivity index (χ2v) is 6.71. The van der Waals surface area contributed by atoms with E-state index in [0.717, 1.165) is 22.4 Å². The first-order valence-corrected chi connectivity index (χ1v) is 8.55. The van der Waals surface area contributed by atoms with Crippen LogP contribution in [0.2, 0.25) is 0 Å². The molecule has 0 saturated carbocycles. The molecule has 0 aromatic carbocycles. The molecule has 7 heteroatoms. The predicted molar refractivity (Wildman–Crippen MR) is 86.9 cm³/mol. The van der Waals surface area contributed by atoms with Crippen LogP contribution < -0.4 is 0 Å². The zero-order chi connectivity index (χ0) is 15.4. The average Bonchev–Trinajstić information content (AvgIpc) is 3.19. The maximum absolute atomic E-state index is 5.85. The highest BCUT2D eigenvalue weighted by molar-refractivity contribution is 7.99. The van der Waals surface area contributed by atoms with E-state index >= 15 is 0 Å². The van der Waals surface area contributed by atoms with Crippen molar-refractivity contribution in [2.45, 2.75) is 29.8 Å². The summed E-state index contributed by atoms with van der Waals surface area (Å²) < 4.78 is 5.85. The molecule has 0 fully saturated rings. The number of nitrogens with zero attached hydrogens (tertiary/aromatic N) is 4. The third-order valence-corrected chi connectivity index (χ3v) is 5.01. The van der Waals surface area contributed by atoms with E-state index in [-0.39, 0.29) is 6.04 Å². The minimum Gasteiger partial charge on any atom is -0.453 e. The maximum Gasteiger partial charge on any atom is 0.195 e. The van der Waals surface area contributed by atoms with Crippen LogP contribution in [-0.4, -0.2) is 26.9 Å². The highest BCUT2D eigenvalue weighted by Gasteiger charge is 2.16. The summed E-state index contributed by atoms with van der Waals surface area (Å²) in [6.45, 7) is 2.88. The van der Waals surface area contributed by atoms with Crippen LogP contribution in [0.4, 0.5) is 0 Å². The summed E-state index contributed by atoms with van der Waals surface area (Å²) in [6, 6.07) is 6.01. The first-order valence-electron chi connectivity index (χ1n) is 6.85. The lowest BCUT2D eigenvalue weighted by molar-refractivity contribution is 0.226. The van der Waals surface area contributed by atoms with E-state index in [9.17, 15) is 0 Å². The molecule has 1 atom stereocenters. The van der Waals surface area contributed by atoms with Gasteiger partial charge in [0, 0.05) is 24.0 Å². The second kappa shape index (κ2) is 7.04. The van der Waals surface area contributed by atoms with Crippen LogP contribution in [0.5, 0.6) is 0 Å². The van der Waals surface area contributed by atoms with Gasteiger partial charge in [0.2, 0.25) is 0 Å². The zero-order valence-electron chi connectivity index (χ0n) is 12.3. The second-order valence-electron chi connectivity index (χ2n) is 4.82. The molecular formula is C15H16N4OS2. The summed E-state index contributed by atoms with van der Waals surface area (Å²) in [5.41, 5.74) is 0. The first-order chi connectivity index (χ1) is 10.7. The SMILES string of the molecule is CC(c1nccs1)N(C)Cc1ccc(Sc2ncccn2)o1. The fourth-order valence-electron chi connectivity index (χ4n) is 1.94. The number of furan rings is 1. The highest BCUT2D eigenvalue weighted by atomic mass is 32.2. The molecule has 1 unspecified atom stereocenters. The third kappa shape index (κ3) is 3.73. The molecule has 0 N–H and O–H groups in total. The molecule has 0 aliphatic rings. The number of rotatable bonds is 6. The van der Waals surface area contributed by atoms with Gasteiger partial charge in [-0.15, -0.1) is 11.3 Å². The molecule has 114 valence electrons. The third-order valence-electron chi connectivity index (χ3n) is 3.25. The van der Waals surface area contributed by atoms with Crippen LogP contribution >= 0.6 is 23.1 Å². The fourth-order valence-corrected chi connectivity index (χ4v) is 3.39. The van der Waals surface area contributed by atoms with Crippen molar-refractivity contribution >= 4 is 23.1 Å². The Balaban J connectivity index is 1.62. The summed E-state index contributed by atoms with van der Waals surface area (Å²) in [7, 11) is 2.07. The number of hydrogen-bond acceptors (Lipinski definition) is 7. The fraction of sp³-hybridized carbons (Fsp3) is 0.267. The molecule has 3 rings (SSSR count). The van der Waals surface area contributed by atoms with Crippen molar-refractivity contribution in [2.24, 2.45) is 0 Å². The predicted octanol–water partition coefficient (Wildman–Crippen LogP) is 3.87. The molecule has 3 aromatic heterocycles. The standard InChI is InChI=1S/C15H16N4OS2/c1-11(14-16-8-9-21-14)19(2)10-12-4-5-13(20-12)22-15-17-6-3-7-18-15/h3-9,11H,10H2,1-2H3. The molecule has 0 saturated heterocycles. The van der Waals surface area contributed by atoms with Gasteiger partial charge in [0.05, 0.1) is 12.6 Å². The van der Waals surface area contributed by atoms with Gasteiger partial charge in [0.15, 0.2) is 10.2 Å². The average molecular weight is 332 g/mol. The van der Waals surface area contributed by atoms with Gasteiger partial charge in [-0.2, -0.15) is 0 Å². The van der Waals surface area contributed by atoms with Crippen LogP contribution in [0.25, 0.3) is 0 Å². The van der Waals surface area contributed by atoms with Crippen LogP contribution in [-0.2, 0) is 6.54 Å². The van der Waals surface area contributed by atoms with E-state index in [4.69, 9.17) is 4.42 Å². The van der Waals surface area contributed by atoms with E-state index < -0.39 is 0 Å². The molecule has 22 heavy (non-hydrogen) atoms. The Kier molecular flexibility index (Phi) is 4.87. The number of aromatic nitrogens is 3. The molecular weight excluding hydrogens is 316 g/mol. The van der Waals surface area contributed by atoms with E-state index in [2.05, 4.69) is 33.8 Å². The van der Waals surface area contributed by atoms with Crippen LogP contribution in [0.3, 0.4) is 0 Å². The van der Waals surface area contributed by atoms with E-state index in [0.29, 0.717) is 5.16 Å². The molecule has 0 aliphatic heterocycles. The Morgan fingerprint density at radius 3 is 2.77 bits per heavy atom. The van der Waals surface area contributed by atoms with Crippen molar-refractivity contribution in [3.05, 3.63) is 52.9 Å². The monoisotopic (exact) mass is 332 g/mol. The van der Waals surface area contributed by atoms with E-state index in [1.165, 1.54) is 11.8 Å². The lowest BCUT2D eigenvalue weighted by Crippen LogP contribution is -2.21. The summed E-state index contributed by atoms with van der Waals surface area (Å²) >= 11 is 3.10. The Hall–Kier alpha value is -1.70. The van der Waals surface area contributed by atoms with Crippen molar-refractivity contribution in [1.82, 2.24) is 19.9 Å². The van der Waals surface area contributed by atoms with Gasteiger partial charge in [-0.1, -0.05) is 0 Å². The normalized spacial score (nSPS) is 12.7. The van der Waals surface area contributed by atoms with Gasteiger partial charge < -0.3 is 4.42 Å². The maximum atomic E-state index is 5.85. The molecule has 0 radical (unpaired) electrons. The Bertz CT molecular complexity index is 699. The van der Waals surface area contributed by atoms with Gasteiger partial charge >= 0.3 is 0 Å². The van der Waals surface area contributed by atoms with Gasteiger partial charge in [-0.25, -0.2) is 15.0 Å². The molecule has 0 bridgehead atoms. The van der Waals surface area contributed by atoms with Crippen LogP contribution in [0, 0.1) is 0 Å². The van der Waals surface area contributed by atoms with Gasteiger partial charge in [0.1, 0.15) is 10.8 Å². The minimum absolute atomic E-state index is 0.263. The summed E-state index contributed by atoms with van der Waals surface area (Å²) in [5.74, 6) is 0.921. The van der Waals surface area contributed by atoms with Crippen molar-refractivity contribution in [2.75, 3.05) is 7.05 Å². The van der Waals surface area contributed by atoms with Crippen LogP contribution in [0.1, 0.15) is 23.7 Å². The van der Waals surface area contributed by atoms with E-state index in [1.807, 2.05) is 23.7 Å². The Morgan fingerprint density at radius 1 is 1.23 bits per heavy atom. The lowest BCUT2D eigenvalue weighted by atomic mass is 10.3. The molecule has 3 heterocycles. The van der Waals surface area contributed by atoms with Gasteiger partial charge in [0.25, 0.3) is 0 Å². The van der Waals surface area contributed by atoms with Crippen LogP contribution in [0.15, 0.2) is 56.8 Å². The first kappa shape index (κ1) is 15.2. The molecule has 0 spiro atoms. The number of hydrogen-bond donors (Lipinski definition) is 0. The smallest absolute Gasteiger partial charge is 0.195 e. The summed E-state index contributed by atoms with van der Waals surface area (Å²) in [5, 5.41) is 4.60. The molecule has 5 nitrogen and oxygen atoms in total. The molecule has 0 amide bonds. The molecule has 3 aromatic rings. The highest BCUT2D eigenvalue weighted by Crippen LogP contribution is 2.28. The number of thiazole rings is 1. The van der Waals surface area contributed by atoms with Crippen molar-refractivity contribution < 1.29 is 4.42 Å². The summed E-state index contributed by atoms with van der Waals surface area (Å²) in [6.07, 6.45) is 5.29. The summed E-state index contributed by atoms with van der Waals surface area (Å²) in [4.78, 5) is 14.9. The quantitative estimate of drug-likeness (QED) is 0.639. The van der Waals surface area contributed by atoms with Crippen molar-refractivity contribution in [3.63, 3.8) is 0 Å². The minimum atomic E-state index is 0.263. The van der Waals surface area contributed by atoms with E-state index in [1.54, 1.807) is 29.8 Å². The van der Waals surface area contributed by atoms with Crippen molar-refractivity contribution in [1.29, 1.82) is 0 Å². The Morgan fingerprint density at radius 2 is 2.05 bits per heavy atom.